The average molecular weight is 793 g/mol. The lowest BCUT2D eigenvalue weighted by Crippen LogP contribution is -2.00. The highest BCUT2D eigenvalue weighted by Crippen LogP contribution is 2.43. The van der Waals surface area contributed by atoms with Gasteiger partial charge >= 0.3 is 0 Å². The largest absolute Gasteiger partial charge is 0.455 e. The maximum absolute atomic E-state index is 6.53. The van der Waals surface area contributed by atoms with Crippen molar-refractivity contribution < 1.29 is 4.42 Å². The van der Waals surface area contributed by atoms with Crippen LogP contribution in [-0.4, -0.2) is 19.5 Å². The number of para-hydroxylation sites is 3. The zero-order valence-electron chi connectivity index (χ0n) is 33.5. The Labute approximate surface area is 357 Å². The van der Waals surface area contributed by atoms with Gasteiger partial charge in [-0.2, -0.15) is 0 Å². The molecule has 0 aliphatic heterocycles. The predicted molar refractivity (Wildman–Crippen MR) is 254 cm³/mol. The predicted octanol–water partition coefficient (Wildman–Crippen LogP) is 14.9. The van der Waals surface area contributed by atoms with Gasteiger partial charge < -0.3 is 8.98 Å². The molecule has 0 spiro atoms. The summed E-state index contributed by atoms with van der Waals surface area (Å²) >= 11 is 0. The molecule has 0 radical (unpaired) electrons. The highest BCUT2D eigenvalue weighted by atomic mass is 16.3. The van der Waals surface area contributed by atoms with Crippen molar-refractivity contribution in [2.75, 3.05) is 0 Å². The van der Waals surface area contributed by atoms with Crippen LogP contribution in [0.15, 0.2) is 223 Å². The van der Waals surface area contributed by atoms with Crippen LogP contribution in [0.2, 0.25) is 0 Å². The average Bonchev–Trinajstić information content (AvgIpc) is 3.90. The Kier molecular flexibility index (Phi) is 8.42. The standard InChI is InChI=1S/C57H36N4O/c1-3-16-37(17-4-1)55-58-56(38-18-5-2-6-19-38)60-57(59-55)39-30-33-41(34-31-39)61-51-28-13-11-24-46(51)50-36-40(32-35-52(50)61)42-20-7-8-21-43(42)44-22-9-10-23-45(44)48-26-15-27-49-47-25-12-14-29-53(47)62-54(48)49/h1-36H. The van der Waals surface area contributed by atoms with Gasteiger partial charge in [-0.25, -0.2) is 15.0 Å². The highest BCUT2D eigenvalue weighted by molar-refractivity contribution is 6.12. The number of aromatic nitrogens is 4. The van der Waals surface area contributed by atoms with Crippen molar-refractivity contribution in [3.05, 3.63) is 218 Å². The van der Waals surface area contributed by atoms with Crippen LogP contribution < -0.4 is 0 Å². The molecule has 0 aliphatic rings. The SMILES string of the molecule is c1ccc(-c2nc(-c3ccccc3)nc(-c3ccc(-n4c5ccccc5c5cc(-c6ccccc6-c6ccccc6-c6cccc7c6oc6ccccc67)ccc54)cc3)n2)cc1. The molecule has 0 bridgehead atoms. The molecular weight excluding hydrogens is 757 g/mol. The molecule has 290 valence electrons. The fourth-order valence-corrected chi connectivity index (χ4v) is 9.00. The van der Waals surface area contributed by atoms with E-state index in [1.165, 1.54) is 21.9 Å². The van der Waals surface area contributed by atoms with Crippen LogP contribution in [0.25, 0.3) is 117 Å². The van der Waals surface area contributed by atoms with Crippen molar-refractivity contribution in [3.63, 3.8) is 0 Å². The van der Waals surface area contributed by atoms with Crippen LogP contribution in [0.4, 0.5) is 0 Å². The van der Waals surface area contributed by atoms with Gasteiger partial charge in [-0.15, -0.1) is 0 Å². The van der Waals surface area contributed by atoms with Crippen LogP contribution in [0.3, 0.4) is 0 Å². The van der Waals surface area contributed by atoms with Gasteiger partial charge in [0.05, 0.1) is 11.0 Å². The normalized spacial score (nSPS) is 11.5. The zero-order valence-corrected chi connectivity index (χ0v) is 33.5. The third-order valence-corrected chi connectivity index (χ3v) is 11.9. The molecule has 5 nitrogen and oxygen atoms in total. The summed E-state index contributed by atoms with van der Waals surface area (Å²) in [6.45, 7) is 0. The Hall–Kier alpha value is -8.41. The van der Waals surface area contributed by atoms with E-state index in [0.29, 0.717) is 17.5 Å². The molecule has 0 saturated heterocycles. The molecule has 0 unspecified atom stereocenters. The van der Waals surface area contributed by atoms with E-state index in [9.17, 15) is 0 Å². The molecule has 3 heterocycles. The first kappa shape index (κ1) is 35.5. The van der Waals surface area contributed by atoms with Crippen molar-refractivity contribution in [1.29, 1.82) is 0 Å². The Morgan fingerprint density at radius 2 is 0.774 bits per heavy atom. The van der Waals surface area contributed by atoms with Gasteiger partial charge in [0.2, 0.25) is 0 Å². The van der Waals surface area contributed by atoms with Crippen molar-refractivity contribution >= 4 is 43.7 Å². The molecule has 0 fully saturated rings. The third-order valence-electron chi connectivity index (χ3n) is 11.9. The van der Waals surface area contributed by atoms with Crippen LogP contribution in [-0.2, 0) is 0 Å². The first-order valence-corrected chi connectivity index (χ1v) is 20.9. The van der Waals surface area contributed by atoms with E-state index in [2.05, 4.69) is 150 Å². The van der Waals surface area contributed by atoms with Gasteiger partial charge in [-0.1, -0.05) is 170 Å². The molecule has 0 saturated carbocycles. The summed E-state index contributed by atoms with van der Waals surface area (Å²) < 4.78 is 8.89. The molecule has 12 aromatic rings. The molecule has 0 aliphatic carbocycles. The van der Waals surface area contributed by atoms with Crippen LogP contribution in [0.5, 0.6) is 0 Å². The van der Waals surface area contributed by atoms with E-state index in [4.69, 9.17) is 19.4 Å². The lowest BCUT2D eigenvalue weighted by Gasteiger charge is -2.15. The second-order valence-electron chi connectivity index (χ2n) is 15.5. The van der Waals surface area contributed by atoms with Gasteiger partial charge in [0, 0.05) is 49.5 Å². The van der Waals surface area contributed by atoms with Crippen LogP contribution in [0, 0.1) is 0 Å². The first-order valence-electron chi connectivity index (χ1n) is 20.9. The topological polar surface area (TPSA) is 56.7 Å². The van der Waals surface area contributed by atoms with Crippen molar-refractivity contribution in [3.8, 4) is 73.2 Å². The van der Waals surface area contributed by atoms with E-state index in [-0.39, 0.29) is 0 Å². The molecule has 5 heteroatoms. The highest BCUT2D eigenvalue weighted by Gasteiger charge is 2.19. The fourth-order valence-electron chi connectivity index (χ4n) is 9.00. The molecule has 62 heavy (non-hydrogen) atoms. The van der Waals surface area contributed by atoms with E-state index in [1.807, 2.05) is 72.8 Å². The smallest absolute Gasteiger partial charge is 0.164 e. The third kappa shape index (κ3) is 5.98. The van der Waals surface area contributed by atoms with E-state index in [0.717, 1.165) is 77.6 Å². The minimum atomic E-state index is 0.630. The Morgan fingerprint density at radius 1 is 0.306 bits per heavy atom. The molecule has 0 amide bonds. The summed E-state index contributed by atoms with van der Waals surface area (Å²) in [5, 5.41) is 4.64. The molecule has 12 rings (SSSR count). The minimum Gasteiger partial charge on any atom is -0.455 e. The quantitative estimate of drug-likeness (QED) is 0.161. The zero-order chi connectivity index (χ0) is 41.0. The first-order chi connectivity index (χ1) is 30.7. The molecule has 0 atom stereocenters. The summed E-state index contributed by atoms with van der Waals surface area (Å²) in [5.74, 6) is 1.92. The number of hydrogen-bond donors (Lipinski definition) is 0. The van der Waals surface area contributed by atoms with Gasteiger partial charge in [0.15, 0.2) is 17.5 Å². The Bertz CT molecular complexity index is 3570. The molecule has 0 N–H and O–H groups in total. The van der Waals surface area contributed by atoms with Crippen LogP contribution >= 0.6 is 0 Å². The Morgan fingerprint density at radius 3 is 1.45 bits per heavy atom. The number of fused-ring (bicyclic) bond motifs is 6. The maximum Gasteiger partial charge on any atom is 0.164 e. The van der Waals surface area contributed by atoms with Crippen LogP contribution in [0.1, 0.15) is 0 Å². The summed E-state index contributed by atoms with van der Waals surface area (Å²) in [5.41, 5.74) is 14.8. The van der Waals surface area contributed by atoms with Crippen molar-refractivity contribution in [2.45, 2.75) is 0 Å². The number of nitrogens with zero attached hydrogens (tertiary/aromatic N) is 4. The number of furan rings is 1. The minimum absolute atomic E-state index is 0.630. The van der Waals surface area contributed by atoms with E-state index < -0.39 is 0 Å². The lowest BCUT2D eigenvalue weighted by molar-refractivity contribution is 0.670. The molecular formula is C57H36N4O. The second-order valence-corrected chi connectivity index (χ2v) is 15.5. The Balaban J connectivity index is 0.955. The number of hydrogen-bond acceptors (Lipinski definition) is 4. The monoisotopic (exact) mass is 792 g/mol. The van der Waals surface area contributed by atoms with E-state index >= 15 is 0 Å². The van der Waals surface area contributed by atoms with Crippen molar-refractivity contribution in [1.82, 2.24) is 19.5 Å². The van der Waals surface area contributed by atoms with Gasteiger partial charge in [-0.3, -0.25) is 0 Å². The lowest BCUT2D eigenvalue weighted by atomic mass is 9.88. The van der Waals surface area contributed by atoms with Gasteiger partial charge in [0.1, 0.15) is 11.2 Å². The second kappa shape index (κ2) is 14.7. The number of rotatable bonds is 7. The fraction of sp³-hybridized carbons (Fsp3) is 0. The molecule has 9 aromatic carbocycles. The summed E-state index contributed by atoms with van der Waals surface area (Å²) in [6.07, 6.45) is 0. The summed E-state index contributed by atoms with van der Waals surface area (Å²) in [4.78, 5) is 14.8. The van der Waals surface area contributed by atoms with Crippen molar-refractivity contribution in [2.24, 2.45) is 0 Å². The summed E-state index contributed by atoms with van der Waals surface area (Å²) in [7, 11) is 0. The van der Waals surface area contributed by atoms with Gasteiger partial charge in [0.25, 0.3) is 0 Å². The number of benzene rings is 9. The summed E-state index contributed by atoms with van der Waals surface area (Å²) in [6, 6.07) is 76.4. The van der Waals surface area contributed by atoms with Gasteiger partial charge in [-0.05, 0) is 76.3 Å². The molecule has 3 aromatic heterocycles. The maximum atomic E-state index is 6.53. The van der Waals surface area contributed by atoms with E-state index in [1.54, 1.807) is 0 Å².